The molecule has 1 N–H and O–H groups in total. The van der Waals surface area contributed by atoms with E-state index in [1.807, 2.05) is 6.92 Å². The van der Waals surface area contributed by atoms with Crippen molar-refractivity contribution in [3.05, 3.63) is 24.3 Å². The van der Waals surface area contributed by atoms with Gasteiger partial charge in [0.1, 0.15) is 17.9 Å². The molecule has 2 rings (SSSR count). The smallest absolute Gasteiger partial charge is 0.325 e. The predicted octanol–water partition coefficient (Wildman–Crippen LogP) is 2.74. The van der Waals surface area contributed by atoms with Crippen LogP contribution in [0.25, 0.3) is 0 Å². The molecular weight excluding hydrogens is 354 g/mol. The van der Waals surface area contributed by atoms with Gasteiger partial charge in [-0.1, -0.05) is 25.7 Å². The number of benzene rings is 1. The highest BCUT2D eigenvalue weighted by Crippen LogP contribution is 2.40. The molecule has 2 unspecified atom stereocenters. The molecule has 0 spiro atoms. The highest BCUT2D eigenvalue weighted by atomic mass is 32.2. The van der Waals surface area contributed by atoms with Crippen molar-refractivity contribution < 1.29 is 23.1 Å². The highest BCUT2D eigenvalue weighted by Gasteiger charge is 2.52. The fourth-order valence-electron chi connectivity index (χ4n) is 3.52. The zero-order valence-corrected chi connectivity index (χ0v) is 16.2. The number of sulfonamides is 1. The molecule has 2 atom stereocenters. The Kier molecular flexibility index (Phi) is 6.32. The van der Waals surface area contributed by atoms with Gasteiger partial charge < -0.3 is 9.84 Å². The normalized spacial score (nSPS) is 23.2. The van der Waals surface area contributed by atoms with E-state index in [-0.39, 0.29) is 17.4 Å². The average molecular weight is 379 g/mol. The van der Waals surface area contributed by atoms with Gasteiger partial charge in [0, 0.05) is 7.05 Å². The van der Waals surface area contributed by atoms with E-state index in [4.69, 9.17) is 4.74 Å². The van der Waals surface area contributed by atoms with E-state index in [1.165, 1.54) is 19.2 Å². The molecule has 1 aromatic rings. The van der Waals surface area contributed by atoms with Crippen LogP contribution in [-0.2, 0) is 14.8 Å². The van der Waals surface area contributed by atoms with Gasteiger partial charge in [0.15, 0.2) is 0 Å². The summed E-state index contributed by atoms with van der Waals surface area (Å²) in [7, 11) is -2.58. The SMILES string of the molecule is CC#CCOc1ccc(S(=O)(=O)N(C)C2(C(=O)O)CCCCC2C)cc1. The standard InChI is InChI=1S/C19H25NO5S/c1-4-5-14-25-16-9-11-17(12-10-16)26(23,24)20(3)19(18(21)22)13-7-6-8-15(19)2/h9-12,15H,6-8,13-14H2,1-3H3,(H,21,22). The Hall–Kier alpha value is -2.04. The van der Waals surface area contributed by atoms with Crippen molar-refractivity contribution in [2.75, 3.05) is 13.7 Å². The van der Waals surface area contributed by atoms with Gasteiger partial charge in [-0.2, -0.15) is 4.31 Å². The molecule has 7 heteroatoms. The summed E-state index contributed by atoms with van der Waals surface area (Å²) in [6, 6.07) is 5.97. The fourth-order valence-corrected chi connectivity index (χ4v) is 5.10. The van der Waals surface area contributed by atoms with E-state index in [0.717, 1.165) is 10.7 Å². The Bertz CT molecular complexity index is 807. The number of carboxylic acids is 1. The minimum Gasteiger partial charge on any atom is -0.481 e. The Labute approximate surface area is 155 Å². The molecule has 0 aliphatic heterocycles. The Morgan fingerprint density at radius 1 is 1.35 bits per heavy atom. The van der Waals surface area contributed by atoms with Crippen molar-refractivity contribution in [3.8, 4) is 17.6 Å². The molecule has 1 aliphatic carbocycles. The van der Waals surface area contributed by atoms with Crippen molar-refractivity contribution in [1.29, 1.82) is 0 Å². The first-order chi connectivity index (χ1) is 12.3. The van der Waals surface area contributed by atoms with Gasteiger partial charge >= 0.3 is 5.97 Å². The number of aliphatic carboxylic acids is 1. The number of ether oxygens (including phenoxy) is 1. The van der Waals surface area contributed by atoms with Gasteiger partial charge in [0.05, 0.1) is 4.90 Å². The van der Waals surface area contributed by atoms with Crippen molar-refractivity contribution >= 4 is 16.0 Å². The summed E-state index contributed by atoms with van der Waals surface area (Å²) >= 11 is 0. The molecule has 0 bridgehead atoms. The molecule has 0 aromatic heterocycles. The fraction of sp³-hybridized carbons (Fsp3) is 0.526. The van der Waals surface area contributed by atoms with E-state index in [0.29, 0.717) is 25.0 Å². The molecule has 26 heavy (non-hydrogen) atoms. The summed E-state index contributed by atoms with van der Waals surface area (Å²) in [4.78, 5) is 12.1. The Balaban J connectivity index is 2.32. The molecule has 1 saturated carbocycles. The molecule has 6 nitrogen and oxygen atoms in total. The number of nitrogens with zero attached hydrogens (tertiary/aromatic N) is 1. The van der Waals surface area contributed by atoms with Crippen molar-refractivity contribution in [3.63, 3.8) is 0 Å². The van der Waals surface area contributed by atoms with Crippen LogP contribution in [0.3, 0.4) is 0 Å². The van der Waals surface area contributed by atoms with Gasteiger partial charge in [-0.15, -0.1) is 5.92 Å². The van der Waals surface area contributed by atoms with Crippen molar-refractivity contribution in [2.24, 2.45) is 5.92 Å². The average Bonchev–Trinajstić information content (AvgIpc) is 2.62. The first-order valence-corrected chi connectivity index (χ1v) is 10.1. The first-order valence-electron chi connectivity index (χ1n) is 8.61. The van der Waals surface area contributed by atoms with Gasteiger partial charge in [-0.25, -0.2) is 8.42 Å². The van der Waals surface area contributed by atoms with E-state index >= 15 is 0 Å². The molecule has 0 saturated heterocycles. The monoisotopic (exact) mass is 379 g/mol. The molecule has 1 aromatic carbocycles. The van der Waals surface area contributed by atoms with Crippen LogP contribution in [0, 0.1) is 17.8 Å². The van der Waals surface area contributed by atoms with Crippen molar-refractivity contribution in [1.82, 2.24) is 4.31 Å². The van der Waals surface area contributed by atoms with Gasteiger partial charge in [-0.05, 0) is 49.9 Å². The van der Waals surface area contributed by atoms with Crippen molar-refractivity contribution in [2.45, 2.75) is 50.0 Å². The third-order valence-corrected chi connectivity index (χ3v) is 7.08. The number of carbonyl (C=O) groups is 1. The number of rotatable bonds is 6. The van der Waals surface area contributed by atoms with Crippen LogP contribution in [0.15, 0.2) is 29.2 Å². The minimum absolute atomic E-state index is 0.0484. The van der Waals surface area contributed by atoms with Crippen LogP contribution < -0.4 is 4.74 Å². The summed E-state index contributed by atoms with van der Waals surface area (Å²) < 4.78 is 32.6. The van der Waals surface area contributed by atoms with E-state index in [9.17, 15) is 18.3 Å². The van der Waals surface area contributed by atoms with E-state index < -0.39 is 21.5 Å². The maximum Gasteiger partial charge on any atom is 0.325 e. The Morgan fingerprint density at radius 3 is 2.54 bits per heavy atom. The molecule has 1 fully saturated rings. The lowest BCUT2D eigenvalue weighted by Crippen LogP contribution is -2.60. The third kappa shape index (κ3) is 3.71. The quantitative estimate of drug-likeness (QED) is 0.769. The van der Waals surface area contributed by atoms with Crippen LogP contribution in [-0.4, -0.2) is 43.0 Å². The van der Waals surface area contributed by atoms with Crippen LogP contribution in [0.4, 0.5) is 0 Å². The Morgan fingerprint density at radius 2 is 2.00 bits per heavy atom. The summed E-state index contributed by atoms with van der Waals surface area (Å²) in [5, 5.41) is 9.87. The predicted molar refractivity (Wildman–Crippen MR) is 98.3 cm³/mol. The topological polar surface area (TPSA) is 83.9 Å². The number of likely N-dealkylation sites (N-methyl/N-ethyl adjacent to an activating group) is 1. The van der Waals surface area contributed by atoms with E-state index in [2.05, 4.69) is 11.8 Å². The molecular formula is C19H25NO5S. The first kappa shape index (κ1) is 20.3. The van der Waals surface area contributed by atoms with E-state index in [1.54, 1.807) is 19.1 Å². The summed E-state index contributed by atoms with van der Waals surface area (Å²) in [5.41, 5.74) is -1.41. The molecule has 0 amide bonds. The third-order valence-electron chi connectivity index (χ3n) is 5.16. The number of carboxylic acid groups (broad SMARTS) is 1. The number of hydrogen-bond acceptors (Lipinski definition) is 4. The van der Waals surface area contributed by atoms with Crippen LogP contribution in [0.5, 0.6) is 5.75 Å². The molecule has 1 aliphatic rings. The lowest BCUT2D eigenvalue weighted by molar-refractivity contribution is -0.153. The molecule has 0 heterocycles. The summed E-state index contributed by atoms with van der Waals surface area (Å²) in [6.07, 6.45) is 2.62. The second-order valence-electron chi connectivity index (χ2n) is 6.54. The lowest BCUT2D eigenvalue weighted by Gasteiger charge is -2.44. The lowest BCUT2D eigenvalue weighted by atomic mass is 9.73. The van der Waals surface area contributed by atoms with Crippen LogP contribution >= 0.6 is 0 Å². The molecule has 142 valence electrons. The second-order valence-corrected chi connectivity index (χ2v) is 8.50. The largest absolute Gasteiger partial charge is 0.481 e. The van der Waals surface area contributed by atoms with Gasteiger partial charge in [0.2, 0.25) is 10.0 Å². The van der Waals surface area contributed by atoms with Crippen LogP contribution in [0.2, 0.25) is 0 Å². The summed E-state index contributed by atoms with van der Waals surface area (Å²) in [5.74, 6) is 4.63. The van der Waals surface area contributed by atoms with Gasteiger partial charge in [0.25, 0.3) is 0 Å². The molecule has 0 radical (unpaired) electrons. The highest BCUT2D eigenvalue weighted by molar-refractivity contribution is 7.89. The van der Waals surface area contributed by atoms with Gasteiger partial charge in [-0.3, -0.25) is 4.79 Å². The minimum atomic E-state index is -3.95. The second kappa shape index (κ2) is 8.11. The van der Waals surface area contributed by atoms with Crippen LogP contribution in [0.1, 0.15) is 39.5 Å². The zero-order valence-electron chi connectivity index (χ0n) is 15.4. The number of hydrogen-bond donors (Lipinski definition) is 1. The maximum atomic E-state index is 13.1. The zero-order chi connectivity index (χ0) is 19.4. The summed E-state index contributed by atoms with van der Waals surface area (Å²) in [6.45, 7) is 3.74. The maximum absolute atomic E-state index is 13.1.